The third-order valence-corrected chi connectivity index (χ3v) is 5.51. The van der Waals surface area contributed by atoms with Gasteiger partial charge < -0.3 is 4.90 Å². The van der Waals surface area contributed by atoms with Crippen molar-refractivity contribution in [1.29, 1.82) is 0 Å². The Hall–Kier alpha value is -2.47. The van der Waals surface area contributed by atoms with Crippen LogP contribution in [0.1, 0.15) is 23.2 Å². The van der Waals surface area contributed by atoms with Crippen molar-refractivity contribution in [3.05, 3.63) is 46.7 Å². The zero-order valence-corrected chi connectivity index (χ0v) is 14.5. The Balaban J connectivity index is 1.34. The number of rotatable bonds is 4. The lowest BCUT2D eigenvalue weighted by atomic mass is 9.97. The van der Waals surface area contributed by atoms with Crippen LogP contribution in [0.25, 0.3) is 11.1 Å². The van der Waals surface area contributed by atoms with Gasteiger partial charge in [0.25, 0.3) is 5.91 Å². The van der Waals surface area contributed by atoms with Crippen molar-refractivity contribution < 1.29 is 14.4 Å². The van der Waals surface area contributed by atoms with E-state index in [2.05, 4.69) is 11.4 Å². The summed E-state index contributed by atoms with van der Waals surface area (Å²) in [7, 11) is 0. The normalized spacial score (nSPS) is 17.9. The predicted molar refractivity (Wildman–Crippen MR) is 95.1 cm³/mol. The number of likely N-dealkylation sites (tertiary alicyclic amines) is 2. The molecular formula is C19H18N2O3S. The largest absolute Gasteiger partial charge is 0.338 e. The van der Waals surface area contributed by atoms with Gasteiger partial charge in [-0.1, -0.05) is 12.1 Å². The van der Waals surface area contributed by atoms with Gasteiger partial charge in [0.15, 0.2) is 0 Å². The number of imide groups is 1. The highest BCUT2D eigenvalue weighted by atomic mass is 32.1. The highest BCUT2D eigenvalue weighted by Crippen LogP contribution is 2.25. The SMILES string of the molecule is O=C(c1ccc(-c2ccsc2)cc1)N1CC(CN2C(=O)CCC2=O)C1. The standard InChI is InChI=1S/C19H18N2O3S/c22-17-5-6-18(23)21(17)11-13-9-20(10-13)19(24)15-3-1-14(2-4-15)16-7-8-25-12-16/h1-4,7-8,12-13H,5-6,9-11H2. The van der Waals surface area contributed by atoms with Crippen molar-refractivity contribution in [3.63, 3.8) is 0 Å². The second kappa shape index (κ2) is 6.44. The van der Waals surface area contributed by atoms with Crippen molar-refractivity contribution in [2.75, 3.05) is 19.6 Å². The molecule has 2 aliphatic heterocycles. The van der Waals surface area contributed by atoms with Gasteiger partial charge in [-0.3, -0.25) is 19.3 Å². The Morgan fingerprint density at radius 1 is 1.00 bits per heavy atom. The molecule has 0 bridgehead atoms. The highest BCUT2D eigenvalue weighted by molar-refractivity contribution is 7.08. The fraction of sp³-hybridized carbons (Fsp3) is 0.316. The second-order valence-electron chi connectivity index (χ2n) is 6.56. The third kappa shape index (κ3) is 3.09. The van der Waals surface area contributed by atoms with Crippen LogP contribution in [0, 0.1) is 5.92 Å². The Kier molecular flexibility index (Phi) is 4.13. The van der Waals surface area contributed by atoms with E-state index in [4.69, 9.17) is 0 Å². The molecule has 6 heteroatoms. The Bertz CT molecular complexity index is 792. The van der Waals surface area contributed by atoms with Crippen molar-refractivity contribution in [1.82, 2.24) is 9.80 Å². The van der Waals surface area contributed by atoms with E-state index in [1.165, 1.54) is 4.90 Å². The maximum atomic E-state index is 12.5. The molecule has 0 N–H and O–H groups in total. The number of hydrogen-bond acceptors (Lipinski definition) is 4. The first kappa shape index (κ1) is 16.0. The summed E-state index contributed by atoms with van der Waals surface area (Å²) in [6.45, 7) is 1.64. The molecule has 2 aliphatic rings. The zero-order chi connectivity index (χ0) is 17.4. The molecule has 5 nitrogen and oxygen atoms in total. The fourth-order valence-electron chi connectivity index (χ4n) is 3.35. The summed E-state index contributed by atoms with van der Waals surface area (Å²) in [4.78, 5) is 38.9. The molecule has 2 fully saturated rings. The Labute approximate surface area is 149 Å². The van der Waals surface area contributed by atoms with Crippen LogP contribution < -0.4 is 0 Å². The number of thiophene rings is 1. The van der Waals surface area contributed by atoms with E-state index in [-0.39, 0.29) is 23.6 Å². The molecule has 0 aliphatic carbocycles. The summed E-state index contributed by atoms with van der Waals surface area (Å²) < 4.78 is 0. The minimum absolute atomic E-state index is 0.00666. The van der Waals surface area contributed by atoms with Crippen LogP contribution in [0.2, 0.25) is 0 Å². The van der Waals surface area contributed by atoms with E-state index in [1.807, 2.05) is 29.6 Å². The number of amides is 3. The quantitative estimate of drug-likeness (QED) is 0.793. The fourth-order valence-corrected chi connectivity index (χ4v) is 4.02. The third-order valence-electron chi connectivity index (χ3n) is 4.83. The van der Waals surface area contributed by atoms with Gasteiger partial charge in [-0.05, 0) is 40.1 Å². The van der Waals surface area contributed by atoms with Crippen LogP contribution in [0.3, 0.4) is 0 Å². The van der Waals surface area contributed by atoms with Gasteiger partial charge in [0.05, 0.1) is 0 Å². The summed E-state index contributed by atoms with van der Waals surface area (Å²) >= 11 is 1.65. The molecule has 2 aromatic rings. The van der Waals surface area contributed by atoms with E-state index in [1.54, 1.807) is 16.2 Å². The summed E-state index contributed by atoms with van der Waals surface area (Å²) in [5, 5.41) is 4.11. The molecule has 1 aromatic carbocycles. The first-order valence-electron chi connectivity index (χ1n) is 8.37. The Morgan fingerprint density at radius 3 is 2.28 bits per heavy atom. The molecule has 0 radical (unpaired) electrons. The lowest BCUT2D eigenvalue weighted by Crippen LogP contribution is -2.54. The summed E-state index contributed by atoms with van der Waals surface area (Å²) in [5.74, 6) is 0.0322. The van der Waals surface area contributed by atoms with E-state index in [9.17, 15) is 14.4 Å². The van der Waals surface area contributed by atoms with Gasteiger partial charge in [-0.25, -0.2) is 0 Å². The van der Waals surface area contributed by atoms with E-state index < -0.39 is 0 Å². The van der Waals surface area contributed by atoms with Crippen LogP contribution in [-0.2, 0) is 9.59 Å². The average Bonchev–Trinajstić information content (AvgIpc) is 3.22. The van der Waals surface area contributed by atoms with E-state index >= 15 is 0 Å². The van der Waals surface area contributed by atoms with Crippen LogP contribution >= 0.6 is 11.3 Å². The van der Waals surface area contributed by atoms with E-state index in [0.29, 0.717) is 38.0 Å². The summed E-state index contributed by atoms with van der Waals surface area (Å²) in [6, 6.07) is 9.71. The van der Waals surface area contributed by atoms with Crippen LogP contribution in [0.4, 0.5) is 0 Å². The van der Waals surface area contributed by atoms with Crippen LogP contribution in [-0.4, -0.2) is 47.2 Å². The maximum absolute atomic E-state index is 12.5. The van der Waals surface area contributed by atoms with Gasteiger partial charge in [0, 0.05) is 44.0 Å². The molecule has 3 amide bonds. The number of carbonyl (C=O) groups excluding carboxylic acids is 3. The monoisotopic (exact) mass is 354 g/mol. The van der Waals surface area contributed by atoms with Crippen molar-refractivity contribution >= 4 is 29.1 Å². The molecule has 1 aromatic heterocycles. The molecule has 0 atom stereocenters. The topological polar surface area (TPSA) is 57.7 Å². The van der Waals surface area contributed by atoms with Crippen LogP contribution in [0.15, 0.2) is 41.1 Å². The highest BCUT2D eigenvalue weighted by Gasteiger charge is 2.37. The van der Waals surface area contributed by atoms with Gasteiger partial charge in [-0.2, -0.15) is 11.3 Å². The van der Waals surface area contributed by atoms with Crippen molar-refractivity contribution in [3.8, 4) is 11.1 Å². The molecule has 0 saturated carbocycles. The number of nitrogens with zero attached hydrogens (tertiary/aromatic N) is 2. The number of benzene rings is 1. The minimum atomic E-state index is -0.0844. The number of carbonyl (C=O) groups is 3. The van der Waals surface area contributed by atoms with Gasteiger partial charge in [0.1, 0.15) is 0 Å². The molecule has 0 spiro atoms. The molecule has 0 unspecified atom stereocenters. The lowest BCUT2D eigenvalue weighted by molar-refractivity contribution is -0.139. The predicted octanol–water partition coefficient (Wildman–Crippen LogP) is 2.64. The lowest BCUT2D eigenvalue weighted by Gasteiger charge is -2.40. The molecule has 25 heavy (non-hydrogen) atoms. The summed E-state index contributed by atoms with van der Waals surface area (Å²) in [5.41, 5.74) is 2.93. The van der Waals surface area contributed by atoms with Gasteiger partial charge >= 0.3 is 0 Å². The van der Waals surface area contributed by atoms with Gasteiger partial charge in [-0.15, -0.1) is 0 Å². The average molecular weight is 354 g/mol. The second-order valence-corrected chi connectivity index (χ2v) is 7.34. The van der Waals surface area contributed by atoms with Crippen molar-refractivity contribution in [2.45, 2.75) is 12.8 Å². The molecule has 3 heterocycles. The molecule has 2 saturated heterocycles. The molecule has 128 valence electrons. The summed E-state index contributed by atoms with van der Waals surface area (Å²) in [6.07, 6.45) is 0.648. The van der Waals surface area contributed by atoms with Crippen LogP contribution in [0.5, 0.6) is 0 Å². The maximum Gasteiger partial charge on any atom is 0.253 e. The first-order valence-corrected chi connectivity index (χ1v) is 9.31. The Morgan fingerprint density at radius 2 is 1.68 bits per heavy atom. The van der Waals surface area contributed by atoms with Gasteiger partial charge in [0.2, 0.25) is 11.8 Å². The number of hydrogen-bond donors (Lipinski definition) is 0. The molecular weight excluding hydrogens is 336 g/mol. The molecule has 4 rings (SSSR count). The smallest absolute Gasteiger partial charge is 0.253 e. The first-order chi connectivity index (χ1) is 12.1. The zero-order valence-electron chi connectivity index (χ0n) is 13.7. The minimum Gasteiger partial charge on any atom is -0.338 e. The van der Waals surface area contributed by atoms with Crippen molar-refractivity contribution in [2.24, 2.45) is 5.92 Å². The van der Waals surface area contributed by atoms with E-state index in [0.717, 1.165) is 11.1 Å².